The summed E-state index contributed by atoms with van der Waals surface area (Å²) in [6.45, 7) is 0.409. The molecule has 0 spiro atoms. The number of aromatic nitrogens is 2. The van der Waals surface area contributed by atoms with Crippen LogP contribution in [0.2, 0.25) is 10.0 Å². The molecule has 0 unspecified atom stereocenters. The van der Waals surface area contributed by atoms with Crippen LogP contribution in [0, 0.1) is 17.8 Å². The van der Waals surface area contributed by atoms with Gasteiger partial charge in [0.2, 0.25) is 0 Å². The largest absolute Gasteiger partial charge is 0.382 e. The molecule has 2 heterocycles. The number of fused-ring (bicyclic) bond motifs is 1. The highest BCUT2D eigenvalue weighted by Crippen LogP contribution is 2.65. The molecule has 0 amide bonds. The number of aliphatic hydroxyl groups is 1. The lowest BCUT2D eigenvalue weighted by Gasteiger charge is -2.62. The molecule has 5 aliphatic rings. The number of hydrogen-bond donors (Lipinski definition) is 1. The molecule has 9 heteroatoms. The molecule has 2 aromatic carbocycles. The van der Waals surface area contributed by atoms with Crippen molar-refractivity contribution in [2.45, 2.75) is 68.7 Å². The molecule has 39 heavy (non-hydrogen) atoms. The molecule has 5 atom stereocenters. The van der Waals surface area contributed by atoms with Crippen molar-refractivity contribution >= 4 is 60.7 Å². The van der Waals surface area contributed by atoms with Crippen LogP contribution in [0.3, 0.4) is 0 Å². The summed E-state index contributed by atoms with van der Waals surface area (Å²) in [6, 6.07) is 11.6. The fourth-order valence-corrected chi connectivity index (χ4v) is 10.1. The van der Waals surface area contributed by atoms with E-state index in [0.717, 1.165) is 76.0 Å². The second kappa shape index (κ2) is 9.01. The fourth-order valence-electron chi connectivity index (χ4n) is 7.78. The first kappa shape index (κ1) is 25.2. The Balaban J connectivity index is 1.11. The third-order valence-electron chi connectivity index (χ3n) is 9.56. The normalized spacial score (nSPS) is 31.4. The van der Waals surface area contributed by atoms with Gasteiger partial charge in [-0.05, 0) is 93.0 Å². The van der Waals surface area contributed by atoms with E-state index in [1.165, 1.54) is 0 Å². The summed E-state index contributed by atoms with van der Waals surface area (Å²) >= 11 is 18.4. The molecular weight excluding hydrogens is 619 g/mol. The summed E-state index contributed by atoms with van der Waals surface area (Å²) in [4.78, 5) is 4.94. The van der Waals surface area contributed by atoms with E-state index in [1.54, 1.807) is 11.3 Å². The van der Waals surface area contributed by atoms with Crippen molar-refractivity contribution in [1.82, 2.24) is 10.1 Å². The highest BCUT2D eigenvalue weighted by molar-refractivity contribution is 9.10. The van der Waals surface area contributed by atoms with E-state index < -0.39 is 5.60 Å². The predicted octanol–water partition coefficient (Wildman–Crippen LogP) is 8.88. The summed E-state index contributed by atoms with van der Waals surface area (Å²) in [5.41, 5.74) is 2.16. The molecule has 5 nitrogen and oxygen atoms in total. The van der Waals surface area contributed by atoms with Gasteiger partial charge in [0, 0.05) is 21.5 Å². The molecule has 0 aliphatic heterocycles. The Morgan fingerprint density at radius 3 is 2.54 bits per heavy atom. The lowest BCUT2D eigenvalue weighted by molar-refractivity contribution is -0.250. The second-order valence-corrected chi connectivity index (χ2v) is 14.8. The maximum absolute atomic E-state index is 12.3. The smallest absolute Gasteiger partial charge is 0.145 e. The Kier molecular flexibility index (Phi) is 5.83. The summed E-state index contributed by atoms with van der Waals surface area (Å²) in [7, 11) is 0. The van der Waals surface area contributed by atoms with Crippen LogP contribution >= 0.6 is 50.5 Å². The summed E-state index contributed by atoms with van der Waals surface area (Å²) < 4.78 is 15.0. The third-order valence-corrected chi connectivity index (χ3v) is 11.8. The molecule has 0 radical (unpaired) electrons. The van der Waals surface area contributed by atoms with Crippen molar-refractivity contribution in [3.8, 4) is 11.3 Å². The molecule has 5 saturated carbocycles. The Hall–Kier alpha value is -1.48. The van der Waals surface area contributed by atoms with Crippen LogP contribution in [-0.2, 0) is 16.9 Å². The van der Waals surface area contributed by atoms with E-state index in [1.807, 2.05) is 30.3 Å². The number of thiazole rings is 1. The Morgan fingerprint density at radius 1 is 1.08 bits per heavy atom. The van der Waals surface area contributed by atoms with E-state index in [4.69, 9.17) is 37.4 Å². The van der Waals surface area contributed by atoms with Gasteiger partial charge >= 0.3 is 0 Å². The van der Waals surface area contributed by atoms with E-state index in [2.05, 4.69) is 27.2 Å². The van der Waals surface area contributed by atoms with Crippen LogP contribution in [-0.4, -0.2) is 20.8 Å². The second-order valence-electron chi connectivity index (χ2n) is 12.0. The SMILES string of the molecule is O[C@]1(c2nc3ccc(Br)cc3s2)[C@@H]2C[C@@H]3C[C@H]1C[C@@](OCc1c(-c4c(Cl)cccc4Cl)noc1C1CC1)(C3)C2. The minimum absolute atomic E-state index is 0.135. The highest BCUT2D eigenvalue weighted by atomic mass is 79.9. The number of rotatable bonds is 6. The number of benzene rings is 2. The average molecular weight is 646 g/mol. The average Bonchev–Trinajstić information content (AvgIpc) is 3.52. The summed E-state index contributed by atoms with van der Waals surface area (Å²) in [5.74, 6) is 2.12. The molecule has 4 aromatic rings. The van der Waals surface area contributed by atoms with Gasteiger partial charge in [0.25, 0.3) is 0 Å². The predicted molar refractivity (Wildman–Crippen MR) is 156 cm³/mol. The zero-order valence-corrected chi connectivity index (χ0v) is 25.0. The van der Waals surface area contributed by atoms with E-state index >= 15 is 0 Å². The van der Waals surface area contributed by atoms with Crippen molar-refractivity contribution in [1.29, 1.82) is 0 Å². The first-order valence-corrected chi connectivity index (χ1v) is 16.1. The standard InChI is InChI=1S/C30H27BrCl2N2O3S/c31-19-6-7-23-24(10-19)39-28(34-23)30(36)17-8-15-9-18(30)13-29(11-15,12-17)37-14-20-26(35-38-27(20)16-4-5-16)25-21(32)2-1-3-22(25)33/h1-3,6-7,10,15-18,36H,4-5,8-9,11-14H2/t15-,17-,18+,29-,30-. The van der Waals surface area contributed by atoms with Crippen molar-refractivity contribution in [2.75, 3.05) is 0 Å². The number of ether oxygens (including phenoxy) is 1. The van der Waals surface area contributed by atoms with Gasteiger partial charge in [-0.3, -0.25) is 0 Å². The minimum Gasteiger partial charge on any atom is -0.382 e. The van der Waals surface area contributed by atoms with Gasteiger partial charge in [0.05, 0.1) is 32.5 Å². The molecule has 9 rings (SSSR count). The molecule has 4 bridgehead atoms. The third kappa shape index (κ3) is 3.98. The Morgan fingerprint density at radius 2 is 1.82 bits per heavy atom. The maximum atomic E-state index is 12.3. The first-order valence-electron chi connectivity index (χ1n) is 13.7. The summed E-state index contributed by atoms with van der Waals surface area (Å²) in [5, 5.41) is 18.7. The fraction of sp³-hybridized carbons (Fsp3) is 0.467. The van der Waals surface area contributed by atoms with E-state index in [0.29, 0.717) is 39.7 Å². The summed E-state index contributed by atoms with van der Waals surface area (Å²) in [6.07, 6.45) is 6.96. The zero-order chi connectivity index (χ0) is 26.5. The zero-order valence-electron chi connectivity index (χ0n) is 21.1. The minimum atomic E-state index is -0.896. The van der Waals surface area contributed by atoms with Gasteiger partial charge < -0.3 is 14.4 Å². The first-order chi connectivity index (χ1) is 18.8. The molecule has 5 fully saturated rings. The molecule has 0 saturated heterocycles. The van der Waals surface area contributed by atoms with Crippen molar-refractivity contribution < 1.29 is 14.4 Å². The Bertz CT molecular complexity index is 1580. The molecule has 1 N–H and O–H groups in total. The maximum Gasteiger partial charge on any atom is 0.145 e. The number of halogens is 3. The van der Waals surface area contributed by atoms with Gasteiger partial charge in [-0.2, -0.15) is 0 Å². The monoisotopic (exact) mass is 644 g/mol. The van der Waals surface area contributed by atoms with Crippen LogP contribution in [0.1, 0.15) is 67.2 Å². The highest BCUT2D eigenvalue weighted by Gasteiger charge is 2.64. The van der Waals surface area contributed by atoms with E-state index in [-0.39, 0.29) is 17.4 Å². The van der Waals surface area contributed by atoms with Crippen LogP contribution in [0.25, 0.3) is 21.5 Å². The van der Waals surface area contributed by atoms with Gasteiger partial charge in [0.1, 0.15) is 22.1 Å². The molecule has 5 aliphatic carbocycles. The van der Waals surface area contributed by atoms with Gasteiger partial charge in [-0.25, -0.2) is 4.98 Å². The van der Waals surface area contributed by atoms with Crippen LogP contribution in [0.4, 0.5) is 0 Å². The quantitative estimate of drug-likeness (QED) is 0.227. The van der Waals surface area contributed by atoms with Gasteiger partial charge in [-0.1, -0.05) is 50.4 Å². The lowest BCUT2D eigenvalue weighted by atomic mass is 9.48. The van der Waals surface area contributed by atoms with Crippen molar-refractivity contribution in [2.24, 2.45) is 17.8 Å². The van der Waals surface area contributed by atoms with Crippen LogP contribution < -0.4 is 0 Å². The van der Waals surface area contributed by atoms with Crippen molar-refractivity contribution in [3.05, 3.63) is 67.2 Å². The molecular formula is C30H27BrCl2N2O3S. The van der Waals surface area contributed by atoms with Crippen LogP contribution in [0.5, 0.6) is 0 Å². The van der Waals surface area contributed by atoms with Crippen molar-refractivity contribution in [3.63, 3.8) is 0 Å². The number of hydrogen-bond acceptors (Lipinski definition) is 6. The van der Waals surface area contributed by atoms with E-state index in [9.17, 15) is 5.11 Å². The lowest BCUT2D eigenvalue weighted by Crippen LogP contribution is -2.62. The van der Waals surface area contributed by atoms with Crippen LogP contribution in [0.15, 0.2) is 45.4 Å². The molecule has 2 aromatic heterocycles. The molecule has 202 valence electrons. The number of nitrogens with zero attached hydrogens (tertiary/aromatic N) is 2. The van der Waals surface area contributed by atoms with Gasteiger partial charge in [0.15, 0.2) is 0 Å². The Labute approximate surface area is 249 Å². The van der Waals surface area contributed by atoms with Gasteiger partial charge in [-0.15, -0.1) is 11.3 Å². The topological polar surface area (TPSA) is 68.4 Å².